The number of carbonyl (C=O) groups excluding carboxylic acids is 2. The second-order valence-electron chi connectivity index (χ2n) is 9.69. The molecule has 0 aliphatic rings. The number of sulfonamides is 1. The summed E-state index contributed by atoms with van der Waals surface area (Å²) in [5.41, 5.74) is -0.560. The van der Waals surface area contributed by atoms with Gasteiger partial charge in [0, 0.05) is 29.6 Å². The van der Waals surface area contributed by atoms with Crippen molar-refractivity contribution in [1.82, 2.24) is 10.2 Å². The number of anilines is 1. The van der Waals surface area contributed by atoms with E-state index in [0.717, 1.165) is 18.4 Å². The maximum Gasteiger partial charge on any atom is 0.417 e. The zero-order valence-corrected chi connectivity index (χ0v) is 26.3. The average Bonchev–Trinajstić information content (AvgIpc) is 2.93. The van der Waals surface area contributed by atoms with Crippen LogP contribution in [0.5, 0.6) is 0 Å². The van der Waals surface area contributed by atoms with Gasteiger partial charge >= 0.3 is 6.18 Å². The van der Waals surface area contributed by atoms with Gasteiger partial charge in [-0.2, -0.15) is 13.2 Å². The Hall–Kier alpha value is -2.99. The van der Waals surface area contributed by atoms with Crippen molar-refractivity contribution in [3.63, 3.8) is 0 Å². The van der Waals surface area contributed by atoms with Gasteiger partial charge in [-0.25, -0.2) is 8.42 Å². The van der Waals surface area contributed by atoms with E-state index in [1.54, 1.807) is 42.5 Å². The van der Waals surface area contributed by atoms with Crippen molar-refractivity contribution in [3.8, 4) is 0 Å². The Kier molecular flexibility index (Phi) is 11.8. The fourth-order valence-corrected chi connectivity index (χ4v) is 5.79. The zero-order valence-electron chi connectivity index (χ0n) is 23.2. The lowest BCUT2D eigenvalue weighted by atomic mass is 10.0. The van der Waals surface area contributed by atoms with Gasteiger partial charge < -0.3 is 10.2 Å². The van der Waals surface area contributed by atoms with E-state index < -0.39 is 56.9 Å². The minimum Gasteiger partial charge on any atom is -0.354 e. The maximum atomic E-state index is 14.0. The van der Waals surface area contributed by atoms with E-state index in [4.69, 9.17) is 34.8 Å². The molecule has 0 saturated carbocycles. The number of carbonyl (C=O) groups is 2. The lowest BCUT2D eigenvalue weighted by molar-refractivity contribution is -0.140. The van der Waals surface area contributed by atoms with Gasteiger partial charge in [-0.1, -0.05) is 78.1 Å². The summed E-state index contributed by atoms with van der Waals surface area (Å²) in [5.74, 6) is -1.35. The molecule has 0 unspecified atom stereocenters. The quantitative estimate of drug-likeness (QED) is 0.234. The molecule has 0 aromatic heterocycles. The predicted octanol–water partition coefficient (Wildman–Crippen LogP) is 6.60. The van der Waals surface area contributed by atoms with E-state index in [1.165, 1.54) is 11.0 Å². The standard InChI is InChI=1S/C29H29Cl3F3N3O4S/c1-3-13-36-28(40)26(14-19-7-5-4-6-8-19)37(17-20-9-10-21(30)15-25(20)32)27(39)18-38(43(2,41)42)22-11-12-24(31)23(16-22)29(33,34)35/h4-12,15-16,26H,3,13-14,17-18H2,1-2H3,(H,36,40)/t26-/m0/s1. The summed E-state index contributed by atoms with van der Waals surface area (Å²) in [7, 11) is -4.30. The van der Waals surface area contributed by atoms with Crippen LogP contribution in [0, 0.1) is 0 Å². The lowest BCUT2D eigenvalue weighted by Gasteiger charge is -2.33. The molecule has 2 amide bonds. The van der Waals surface area contributed by atoms with E-state index in [1.807, 2.05) is 6.92 Å². The summed E-state index contributed by atoms with van der Waals surface area (Å²) in [6.45, 7) is 1.04. The molecule has 7 nitrogen and oxygen atoms in total. The topological polar surface area (TPSA) is 86.8 Å². The average molecular weight is 679 g/mol. The van der Waals surface area contributed by atoms with Crippen molar-refractivity contribution in [1.29, 1.82) is 0 Å². The highest BCUT2D eigenvalue weighted by Crippen LogP contribution is 2.37. The molecule has 43 heavy (non-hydrogen) atoms. The Morgan fingerprint density at radius 1 is 0.953 bits per heavy atom. The fourth-order valence-electron chi connectivity index (χ4n) is 4.25. The van der Waals surface area contributed by atoms with Gasteiger partial charge in [-0.05, 0) is 47.9 Å². The van der Waals surface area contributed by atoms with Gasteiger partial charge in [0.2, 0.25) is 21.8 Å². The Labute approximate surface area is 263 Å². The smallest absolute Gasteiger partial charge is 0.354 e. The number of rotatable bonds is 12. The largest absolute Gasteiger partial charge is 0.417 e. The van der Waals surface area contributed by atoms with Crippen LogP contribution >= 0.6 is 34.8 Å². The molecule has 232 valence electrons. The Bertz CT molecular complexity index is 1560. The summed E-state index contributed by atoms with van der Waals surface area (Å²) in [6.07, 6.45) is -3.44. The Morgan fingerprint density at radius 2 is 1.63 bits per heavy atom. The summed E-state index contributed by atoms with van der Waals surface area (Å²) >= 11 is 18.2. The third-order valence-electron chi connectivity index (χ3n) is 6.40. The van der Waals surface area contributed by atoms with Gasteiger partial charge in [-0.3, -0.25) is 13.9 Å². The molecule has 1 N–H and O–H groups in total. The monoisotopic (exact) mass is 677 g/mol. The van der Waals surface area contributed by atoms with Crippen LogP contribution < -0.4 is 9.62 Å². The molecule has 0 radical (unpaired) electrons. The van der Waals surface area contributed by atoms with Gasteiger partial charge in [0.1, 0.15) is 12.6 Å². The second-order valence-corrected chi connectivity index (χ2v) is 12.8. The molecule has 0 aliphatic heterocycles. The molecule has 0 fully saturated rings. The second kappa shape index (κ2) is 14.7. The first-order valence-electron chi connectivity index (χ1n) is 13.0. The number of alkyl halides is 3. The molecular formula is C29H29Cl3F3N3O4S. The van der Waals surface area contributed by atoms with Crippen molar-refractivity contribution in [2.24, 2.45) is 0 Å². The molecule has 3 aromatic carbocycles. The molecule has 3 aromatic rings. The summed E-state index contributed by atoms with van der Waals surface area (Å²) in [4.78, 5) is 28.7. The van der Waals surface area contributed by atoms with Crippen molar-refractivity contribution in [3.05, 3.63) is 98.5 Å². The minimum absolute atomic E-state index is 0.0609. The number of halogens is 6. The molecule has 0 spiro atoms. The van der Waals surface area contributed by atoms with Crippen molar-refractivity contribution < 1.29 is 31.2 Å². The van der Waals surface area contributed by atoms with Crippen molar-refractivity contribution in [2.45, 2.75) is 38.5 Å². The van der Waals surface area contributed by atoms with Crippen LogP contribution in [-0.2, 0) is 38.8 Å². The highest BCUT2D eigenvalue weighted by molar-refractivity contribution is 7.92. The molecule has 3 rings (SSSR count). The van der Waals surface area contributed by atoms with Crippen LogP contribution in [0.4, 0.5) is 18.9 Å². The SMILES string of the molecule is CCCNC(=O)[C@H](Cc1ccccc1)N(Cc1ccc(Cl)cc1Cl)C(=O)CN(c1ccc(Cl)c(C(F)(F)F)c1)S(C)(=O)=O. The van der Waals surface area contributed by atoms with Gasteiger partial charge in [0.05, 0.1) is 22.5 Å². The van der Waals surface area contributed by atoms with E-state index in [2.05, 4.69) is 5.32 Å². The normalized spacial score (nSPS) is 12.5. The van der Waals surface area contributed by atoms with E-state index in [0.29, 0.717) is 39.5 Å². The summed E-state index contributed by atoms with van der Waals surface area (Å²) in [6, 6.07) is 14.8. The summed E-state index contributed by atoms with van der Waals surface area (Å²) < 4.78 is 67.0. The molecule has 0 saturated heterocycles. The fraction of sp³-hybridized carbons (Fsp3) is 0.310. The van der Waals surface area contributed by atoms with Gasteiger partial charge in [-0.15, -0.1) is 0 Å². The maximum absolute atomic E-state index is 14.0. The number of nitrogens with zero attached hydrogens (tertiary/aromatic N) is 2. The van der Waals surface area contributed by atoms with E-state index >= 15 is 0 Å². The van der Waals surface area contributed by atoms with Crippen molar-refractivity contribution in [2.75, 3.05) is 23.7 Å². The number of hydrogen-bond acceptors (Lipinski definition) is 4. The van der Waals surface area contributed by atoms with Crippen LogP contribution in [0.3, 0.4) is 0 Å². The Balaban J connectivity index is 2.11. The van der Waals surface area contributed by atoms with Gasteiger partial charge in [0.15, 0.2) is 0 Å². The molecular weight excluding hydrogens is 650 g/mol. The molecule has 0 heterocycles. The number of hydrogen-bond donors (Lipinski definition) is 1. The third kappa shape index (κ3) is 9.50. The Morgan fingerprint density at radius 3 is 2.21 bits per heavy atom. The first-order chi connectivity index (χ1) is 20.1. The molecule has 1 atom stereocenters. The molecule has 14 heteroatoms. The molecule has 0 bridgehead atoms. The highest BCUT2D eigenvalue weighted by atomic mass is 35.5. The first kappa shape index (κ1) is 34.5. The zero-order chi connectivity index (χ0) is 31.9. The molecule has 0 aliphatic carbocycles. The number of benzene rings is 3. The number of nitrogens with one attached hydrogen (secondary N) is 1. The predicted molar refractivity (Wildman–Crippen MR) is 163 cm³/mol. The van der Waals surface area contributed by atoms with Crippen LogP contribution in [-0.4, -0.2) is 50.5 Å². The van der Waals surface area contributed by atoms with Crippen LogP contribution in [0.25, 0.3) is 0 Å². The van der Waals surface area contributed by atoms with Crippen LogP contribution in [0.1, 0.15) is 30.0 Å². The third-order valence-corrected chi connectivity index (χ3v) is 8.46. The minimum atomic E-state index is -4.88. The first-order valence-corrected chi connectivity index (χ1v) is 16.0. The lowest BCUT2D eigenvalue weighted by Crippen LogP contribution is -2.53. The highest BCUT2D eigenvalue weighted by Gasteiger charge is 2.36. The summed E-state index contributed by atoms with van der Waals surface area (Å²) in [5, 5.41) is 2.68. The van der Waals surface area contributed by atoms with Gasteiger partial charge in [0.25, 0.3) is 0 Å². The van der Waals surface area contributed by atoms with E-state index in [9.17, 15) is 31.2 Å². The van der Waals surface area contributed by atoms with Crippen molar-refractivity contribution >= 4 is 62.3 Å². The van der Waals surface area contributed by atoms with E-state index in [-0.39, 0.29) is 18.0 Å². The van der Waals surface area contributed by atoms with Crippen LogP contribution in [0.2, 0.25) is 15.1 Å². The van der Waals surface area contributed by atoms with Crippen LogP contribution in [0.15, 0.2) is 66.7 Å². The number of amides is 2.